The second kappa shape index (κ2) is 8.02. The van der Waals surface area contributed by atoms with Gasteiger partial charge >= 0.3 is 0 Å². The molecule has 3 rings (SSSR count). The molecule has 7 heteroatoms. The molecule has 0 amide bonds. The van der Waals surface area contributed by atoms with Crippen molar-refractivity contribution in [2.75, 3.05) is 18.2 Å². The van der Waals surface area contributed by atoms with Crippen LogP contribution >= 0.6 is 11.8 Å². The van der Waals surface area contributed by atoms with Crippen molar-refractivity contribution in [2.45, 2.75) is 18.5 Å². The fourth-order valence-corrected chi connectivity index (χ4v) is 3.09. The Hall–Kier alpha value is -2.54. The van der Waals surface area contributed by atoms with Crippen LogP contribution in [0.3, 0.4) is 0 Å². The van der Waals surface area contributed by atoms with Crippen molar-refractivity contribution in [3.8, 4) is 17.1 Å². The summed E-state index contributed by atoms with van der Waals surface area (Å²) in [5, 5.41) is 8.59. The Labute approximate surface area is 150 Å². The van der Waals surface area contributed by atoms with Crippen LogP contribution in [0.4, 0.5) is 4.39 Å². The normalized spacial score (nSPS) is 10.8. The molecule has 0 fully saturated rings. The van der Waals surface area contributed by atoms with Gasteiger partial charge in [0.15, 0.2) is 5.82 Å². The molecule has 130 valence electrons. The number of aryl methyl sites for hydroxylation is 1. The number of halogens is 1. The highest BCUT2D eigenvalue weighted by atomic mass is 32.2. The summed E-state index contributed by atoms with van der Waals surface area (Å²) in [6, 6.07) is 14.3. The predicted molar refractivity (Wildman–Crippen MR) is 97.6 cm³/mol. The van der Waals surface area contributed by atoms with Crippen LogP contribution in [0.1, 0.15) is 12.0 Å². The molecule has 0 saturated heterocycles. The van der Waals surface area contributed by atoms with Crippen LogP contribution < -0.4 is 10.6 Å². The van der Waals surface area contributed by atoms with Crippen LogP contribution in [-0.4, -0.2) is 27.2 Å². The minimum absolute atomic E-state index is 0.316. The van der Waals surface area contributed by atoms with E-state index in [9.17, 15) is 4.39 Å². The molecule has 0 atom stereocenters. The summed E-state index contributed by atoms with van der Waals surface area (Å²) in [4.78, 5) is 0. The molecule has 1 aromatic heterocycles. The maximum atomic E-state index is 13.8. The molecule has 0 bridgehead atoms. The van der Waals surface area contributed by atoms with E-state index in [0.717, 1.165) is 17.9 Å². The number of hydrogen-bond donors (Lipinski definition) is 1. The van der Waals surface area contributed by atoms with Gasteiger partial charge in [0.2, 0.25) is 5.16 Å². The molecule has 0 radical (unpaired) electrons. The van der Waals surface area contributed by atoms with Gasteiger partial charge in [0, 0.05) is 5.75 Å². The Bertz CT molecular complexity index is 853. The monoisotopic (exact) mass is 358 g/mol. The van der Waals surface area contributed by atoms with E-state index in [1.54, 1.807) is 18.2 Å². The minimum Gasteiger partial charge on any atom is -0.494 e. The van der Waals surface area contributed by atoms with E-state index in [2.05, 4.69) is 10.2 Å². The standard InChI is InChI=1S/C18H19FN4OS/c1-13-6-4-7-14(12-13)24-10-5-11-25-18-22-21-17(23(18)20)15-8-2-3-9-16(15)19/h2-4,6-9,12H,5,10-11,20H2,1H3. The fourth-order valence-electron chi connectivity index (χ4n) is 2.32. The number of benzene rings is 2. The molecule has 3 aromatic rings. The molecule has 5 nitrogen and oxygen atoms in total. The van der Waals surface area contributed by atoms with Crippen molar-refractivity contribution in [3.05, 3.63) is 59.9 Å². The van der Waals surface area contributed by atoms with Crippen LogP contribution in [0.25, 0.3) is 11.4 Å². The number of ether oxygens (including phenoxy) is 1. The Morgan fingerprint density at radius 3 is 2.80 bits per heavy atom. The first-order chi connectivity index (χ1) is 12.1. The Morgan fingerprint density at radius 1 is 1.16 bits per heavy atom. The number of thioether (sulfide) groups is 1. The first kappa shape index (κ1) is 17.3. The third-order valence-electron chi connectivity index (χ3n) is 3.56. The number of aromatic nitrogens is 3. The number of hydrogen-bond acceptors (Lipinski definition) is 5. The predicted octanol–water partition coefficient (Wildman–Crippen LogP) is 3.67. The second-order valence-electron chi connectivity index (χ2n) is 5.52. The SMILES string of the molecule is Cc1cccc(OCCCSc2nnc(-c3ccccc3F)n2N)c1. The summed E-state index contributed by atoms with van der Waals surface area (Å²) in [6.45, 7) is 2.64. The number of nitrogens with two attached hydrogens (primary N) is 1. The van der Waals surface area contributed by atoms with Crippen molar-refractivity contribution in [2.24, 2.45) is 0 Å². The van der Waals surface area contributed by atoms with Gasteiger partial charge in [-0.05, 0) is 43.2 Å². The third kappa shape index (κ3) is 4.30. The summed E-state index contributed by atoms with van der Waals surface area (Å²) < 4.78 is 20.9. The quantitative estimate of drug-likeness (QED) is 0.397. The summed E-state index contributed by atoms with van der Waals surface area (Å²) in [7, 11) is 0. The zero-order valence-electron chi connectivity index (χ0n) is 13.9. The maximum Gasteiger partial charge on any atom is 0.210 e. The molecule has 0 aliphatic heterocycles. The van der Waals surface area contributed by atoms with E-state index < -0.39 is 0 Å². The van der Waals surface area contributed by atoms with E-state index in [-0.39, 0.29) is 5.82 Å². The summed E-state index contributed by atoms with van der Waals surface area (Å²) >= 11 is 1.47. The van der Waals surface area contributed by atoms with E-state index >= 15 is 0 Å². The average molecular weight is 358 g/mol. The Balaban J connectivity index is 1.52. The second-order valence-corrected chi connectivity index (χ2v) is 6.59. The number of nitrogens with zero attached hydrogens (tertiary/aromatic N) is 3. The highest BCUT2D eigenvalue weighted by Gasteiger charge is 2.14. The molecule has 0 aliphatic carbocycles. The number of nitrogen functional groups attached to an aromatic ring is 1. The topological polar surface area (TPSA) is 66.0 Å². The molecular weight excluding hydrogens is 339 g/mol. The molecule has 0 unspecified atom stereocenters. The molecule has 0 spiro atoms. The van der Waals surface area contributed by atoms with Crippen molar-refractivity contribution < 1.29 is 9.13 Å². The van der Waals surface area contributed by atoms with Crippen LogP contribution in [0.15, 0.2) is 53.7 Å². The summed E-state index contributed by atoms with van der Waals surface area (Å²) in [5.41, 5.74) is 1.51. The smallest absolute Gasteiger partial charge is 0.210 e. The molecule has 0 saturated carbocycles. The first-order valence-electron chi connectivity index (χ1n) is 7.93. The highest BCUT2D eigenvalue weighted by molar-refractivity contribution is 7.99. The van der Waals surface area contributed by atoms with Crippen molar-refractivity contribution in [1.29, 1.82) is 0 Å². The molecular formula is C18H19FN4OS. The fraction of sp³-hybridized carbons (Fsp3) is 0.222. The minimum atomic E-state index is -0.371. The molecule has 2 N–H and O–H groups in total. The van der Waals surface area contributed by atoms with E-state index in [4.69, 9.17) is 10.6 Å². The van der Waals surface area contributed by atoms with Crippen molar-refractivity contribution >= 4 is 11.8 Å². The summed E-state index contributed by atoms with van der Waals surface area (Å²) in [5.74, 6) is 7.59. The van der Waals surface area contributed by atoms with Gasteiger partial charge in [-0.1, -0.05) is 36.0 Å². The van der Waals surface area contributed by atoms with Gasteiger partial charge in [0.25, 0.3) is 0 Å². The molecule has 0 aliphatic rings. The highest BCUT2D eigenvalue weighted by Crippen LogP contribution is 2.24. The van der Waals surface area contributed by atoms with Gasteiger partial charge in [-0.25, -0.2) is 9.07 Å². The largest absolute Gasteiger partial charge is 0.494 e. The zero-order valence-corrected chi connectivity index (χ0v) is 14.7. The lowest BCUT2D eigenvalue weighted by Crippen LogP contribution is -2.12. The van der Waals surface area contributed by atoms with Crippen LogP contribution in [0.5, 0.6) is 5.75 Å². The van der Waals surface area contributed by atoms with Crippen molar-refractivity contribution in [1.82, 2.24) is 14.9 Å². The van der Waals surface area contributed by atoms with Gasteiger partial charge in [0.05, 0.1) is 12.2 Å². The average Bonchev–Trinajstić information content (AvgIpc) is 2.96. The third-order valence-corrected chi connectivity index (χ3v) is 4.59. The lowest BCUT2D eigenvalue weighted by Gasteiger charge is -2.07. The van der Waals surface area contributed by atoms with Crippen LogP contribution in [-0.2, 0) is 0 Å². The Morgan fingerprint density at radius 2 is 2.00 bits per heavy atom. The van der Waals surface area contributed by atoms with Gasteiger partial charge in [0.1, 0.15) is 11.6 Å². The zero-order chi connectivity index (χ0) is 17.6. The summed E-state index contributed by atoms with van der Waals surface area (Å²) in [6.07, 6.45) is 0.834. The van der Waals surface area contributed by atoms with Crippen LogP contribution in [0, 0.1) is 12.7 Å². The maximum absolute atomic E-state index is 13.8. The van der Waals surface area contributed by atoms with Gasteiger partial charge in [-0.3, -0.25) is 0 Å². The van der Waals surface area contributed by atoms with E-state index in [0.29, 0.717) is 23.2 Å². The lowest BCUT2D eigenvalue weighted by atomic mass is 10.2. The van der Waals surface area contributed by atoms with Crippen LogP contribution in [0.2, 0.25) is 0 Å². The van der Waals surface area contributed by atoms with Gasteiger partial charge < -0.3 is 10.6 Å². The van der Waals surface area contributed by atoms with E-state index in [1.165, 1.54) is 28.1 Å². The van der Waals surface area contributed by atoms with Gasteiger partial charge in [-0.15, -0.1) is 10.2 Å². The first-order valence-corrected chi connectivity index (χ1v) is 8.91. The number of rotatable bonds is 7. The van der Waals surface area contributed by atoms with Crippen molar-refractivity contribution in [3.63, 3.8) is 0 Å². The lowest BCUT2D eigenvalue weighted by molar-refractivity contribution is 0.318. The van der Waals surface area contributed by atoms with Gasteiger partial charge in [-0.2, -0.15) is 0 Å². The Kier molecular flexibility index (Phi) is 5.55. The van der Waals surface area contributed by atoms with E-state index in [1.807, 2.05) is 31.2 Å². The molecule has 2 aromatic carbocycles. The molecule has 1 heterocycles. The molecule has 25 heavy (non-hydrogen) atoms.